The van der Waals surface area contributed by atoms with E-state index in [2.05, 4.69) is 28.1 Å². The van der Waals surface area contributed by atoms with Crippen LogP contribution in [0.15, 0.2) is 6.33 Å². The summed E-state index contributed by atoms with van der Waals surface area (Å²) in [5, 5.41) is 10.2. The summed E-state index contributed by atoms with van der Waals surface area (Å²) in [5.41, 5.74) is 6.41. The summed E-state index contributed by atoms with van der Waals surface area (Å²) < 4.78 is 52.8. The first-order valence-corrected chi connectivity index (χ1v) is 13.5. The van der Waals surface area contributed by atoms with Crippen LogP contribution in [-0.2, 0) is 31.6 Å². The van der Waals surface area contributed by atoms with Crippen molar-refractivity contribution in [2.45, 2.75) is 24.9 Å². The first-order chi connectivity index (χ1) is 14.2. The second-order valence-electron chi connectivity index (χ2n) is 6.02. The van der Waals surface area contributed by atoms with E-state index in [0.717, 1.165) is 0 Å². The van der Waals surface area contributed by atoms with Crippen LogP contribution in [0.2, 0.25) is 0 Å². The van der Waals surface area contributed by atoms with E-state index < -0.39 is 48.5 Å². The molecule has 1 fully saturated rings. The number of nitrogens with two attached hydrogens (primary N) is 1. The topological polar surface area (TPSA) is 259 Å². The minimum absolute atomic E-state index is 0.00360. The zero-order chi connectivity index (χ0) is 23.2. The van der Waals surface area contributed by atoms with Crippen molar-refractivity contribution < 1.29 is 56.3 Å². The molecule has 0 radical (unpaired) electrons. The molecule has 3 heterocycles. The molecule has 7 N–H and O–H groups in total. The van der Waals surface area contributed by atoms with Crippen molar-refractivity contribution in [2.75, 3.05) is 12.3 Å². The van der Waals surface area contributed by atoms with Gasteiger partial charge in [0.05, 0.1) is 19.0 Å². The van der Waals surface area contributed by atoms with Gasteiger partial charge in [-0.1, -0.05) is 0 Å². The fraction of sp³-hybridized carbons (Fsp3) is 0.500. The number of aliphatic hydroxyl groups is 1. The van der Waals surface area contributed by atoms with Crippen LogP contribution >= 0.6 is 46.1 Å². The highest BCUT2D eigenvalue weighted by atomic mass is 127. The average Bonchev–Trinajstić information content (AvgIpc) is 3.13. The minimum Gasteiger partial charge on any atom is -0.390 e. The molecule has 2 unspecified atom stereocenters. The summed E-state index contributed by atoms with van der Waals surface area (Å²) in [6.07, 6.45) is -1.86. The lowest BCUT2D eigenvalue weighted by atomic mass is 10.2. The van der Waals surface area contributed by atoms with E-state index in [9.17, 15) is 23.7 Å². The number of ether oxygens (including phenoxy) is 1. The quantitative estimate of drug-likeness (QED) is 0.129. The number of imidazole rings is 1. The molecule has 0 amide bonds. The summed E-state index contributed by atoms with van der Waals surface area (Å²) in [6.45, 7) is -0.789. The summed E-state index contributed by atoms with van der Waals surface area (Å²) in [6, 6.07) is 0. The molecule has 0 aromatic carbocycles. The number of anilines is 1. The molecule has 21 heteroatoms. The largest absolute Gasteiger partial charge is 0.490 e. The Hall–Kier alpha value is -0.590. The van der Waals surface area contributed by atoms with Crippen molar-refractivity contribution in [2.24, 2.45) is 0 Å². The molecule has 17 nitrogen and oxygen atoms in total. The summed E-state index contributed by atoms with van der Waals surface area (Å²) >= 11 is 1.85. The van der Waals surface area contributed by atoms with Gasteiger partial charge in [-0.2, -0.15) is 8.62 Å². The van der Waals surface area contributed by atoms with Gasteiger partial charge in [-0.05, 0) is 0 Å². The maximum atomic E-state index is 11.8. The van der Waals surface area contributed by atoms with Crippen molar-refractivity contribution in [3.05, 3.63) is 10.2 Å². The van der Waals surface area contributed by atoms with Crippen molar-refractivity contribution in [3.8, 4) is 0 Å². The number of halogens is 1. The predicted molar refractivity (Wildman–Crippen MR) is 107 cm³/mol. The number of nitrogens with zero attached hydrogens (tertiary/aromatic N) is 4. The highest BCUT2D eigenvalue weighted by Crippen LogP contribution is 2.66. The van der Waals surface area contributed by atoms with Crippen LogP contribution in [-0.4, -0.2) is 63.0 Å². The molecule has 174 valence electrons. The van der Waals surface area contributed by atoms with Gasteiger partial charge >= 0.3 is 23.5 Å². The third-order valence-electron chi connectivity index (χ3n) is 3.75. The van der Waals surface area contributed by atoms with Gasteiger partial charge in [0.1, 0.15) is 17.8 Å². The maximum absolute atomic E-state index is 11.8. The number of fused-ring (bicyclic) bond motifs is 1. The third kappa shape index (κ3) is 6.48. The van der Waals surface area contributed by atoms with Crippen molar-refractivity contribution in [1.29, 1.82) is 0 Å². The molecule has 1 aliphatic rings. The van der Waals surface area contributed by atoms with Crippen LogP contribution in [0.3, 0.4) is 0 Å². The molecule has 0 saturated carbocycles. The summed E-state index contributed by atoms with van der Waals surface area (Å²) in [4.78, 5) is 47.9. The van der Waals surface area contributed by atoms with E-state index in [4.69, 9.17) is 25.2 Å². The molecule has 0 spiro atoms. The first kappa shape index (κ1) is 25.0. The van der Waals surface area contributed by atoms with Gasteiger partial charge in [0.15, 0.2) is 15.3 Å². The van der Waals surface area contributed by atoms with E-state index in [1.165, 1.54) is 10.9 Å². The van der Waals surface area contributed by atoms with Crippen molar-refractivity contribution in [1.82, 2.24) is 19.5 Å². The van der Waals surface area contributed by atoms with Gasteiger partial charge < -0.3 is 35.2 Å². The first-order valence-electron chi connectivity index (χ1n) is 7.93. The molecule has 1 saturated heterocycles. The minimum atomic E-state index is -5.64. The Kier molecular flexibility index (Phi) is 7.25. The van der Waals surface area contributed by atoms with Crippen LogP contribution in [0.1, 0.15) is 12.6 Å². The van der Waals surface area contributed by atoms with Gasteiger partial charge in [-0.3, -0.25) is 9.09 Å². The summed E-state index contributed by atoms with van der Waals surface area (Å²) in [7, 11) is -16.5. The van der Waals surface area contributed by atoms with Crippen molar-refractivity contribution >= 4 is 63.0 Å². The predicted octanol–water partition coefficient (Wildman–Crippen LogP) is 0.00480. The number of rotatable bonds is 8. The van der Waals surface area contributed by atoms with Gasteiger partial charge in [0, 0.05) is 29.0 Å². The number of aliphatic hydroxyl groups excluding tert-OH is 1. The Morgan fingerprint density at radius 1 is 1.19 bits per heavy atom. The average molecular weight is 617 g/mol. The smallest absolute Gasteiger partial charge is 0.390 e. The SMILES string of the molecule is Nc1nc(I)nc2c1ncn2[C@H]1C[C@H](O)[C@@H](COP(=O)(O)OP(=O)(O)OP(=O)(O)O)O1. The lowest BCUT2D eigenvalue weighted by molar-refractivity contribution is -0.0423. The van der Waals surface area contributed by atoms with Crippen molar-refractivity contribution in [3.63, 3.8) is 0 Å². The number of nitrogen functional groups attached to an aromatic ring is 1. The fourth-order valence-corrected chi connectivity index (χ4v) is 6.15. The number of aromatic nitrogens is 4. The molecule has 2 aromatic rings. The van der Waals surface area contributed by atoms with E-state index in [-0.39, 0.29) is 12.2 Å². The van der Waals surface area contributed by atoms with E-state index in [1.54, 1.807) is 0 Å². The molecule has 0 aliphatic carbocycles. The highest BCUT2D eigenvalue weighted by molar-refractivity contribution is 14.1. The van der Waals surface area contributed by atoms with Crippen LogP contribution in [0.4, 0.5) is 5.82 Å². The molecular formula is C10H15IN5O12P3. The Morgan fingerprint density at radius 2 is 1.87 bits per heavy atom. The second kappa shape index (κ2) is 8.98. The maximum Gasteiger partial charge on any atom is 0.490 e. The molecule has 0 bridgehead atoms. The zero-order valence-electron chi connectivity index (χ0n) is 14.9. The molecule has 2 aromatic heterocycles. The summed E-state index contributed by atoms with van der Waals surface area (Å²) in [5.74, 6) is 0.135. The zero-order valence-corrected chi connectivity index (χ0v) is 19.7. The van der Waals surface area contributed by atoms with E-state index >= 15 is 0 Å². The van der Waals surface area contributed by atoms with Gasteiger partial charge in [-0.25, -0.2) is 28.6 Å². The number of phosphoric ester groups is 1. The molecule has 31 heavy (non-hydrogen) atoms. The number of phosphoric acid groups is 3. The Morgan fingerprint density at radius 3 is 2.52 bits per heavy atom. The second-order valence-corrected chi connectivity index (χ2v) is 11.4. The molecule has 5 atom stereocenters. The van der Waals surface area contributed by atoms with Gasteiger partial charge in [-0.15, -0.1) is 0 Å². The third-order valence-corrected chi connectivity index (χ3v) is 8.04. The van der Waals surface area contributed by atoms with Crippen LogP contribution in [0.25, 0.3) is 11.2 Å². The van der Waals surface area contributed by atoms with Crippen LogP contribution < -0.4 is 5.73 Å². The standard InChI is InChI=1S/C10H15IN5O12P3/c11-10-14-8(12)7-9(15-10)16(3-13-7)6-1-4(17)5(26-6)2-25-30(21,22)28-31(23,24)27-29(18,19)20/h3-6,17H,1-2H2,(H,21,22)(H,23,24)(H2,12,14,15)(H2,18,19,20)/t4-,5+,6+/m0/s1. The van der Waals surface area contributed by atoms with Gasteiger partial charge in [0.2, 0.25) is 0 Å². The van der Waals surface area contributed by atoms with E-state index in [0.29, 0.717) is 15.0 Å². The number of hydrogen-bond acceptors (Lipinski definition) is 12. The Balaban J connectivity index is 1.66. The normalized spacial score (nSPS) is 26.1. The Labute approximate surface area is 186 Å². The van der Waals surface area contributed by atoms with Gasteiger partial charge in [0.25, 0.3) is 0 Å². The molecule has 1 aliphatic heterocycles. The van der Waals surface area contributed by atoms with Crippen LogP contribution in [0.5, 0.6) is 0 Å². The highest BCUT2D eigenvalue weighted by Gasteiger charge is 2.43. The Bertz CT molecular complexity index is 1120. The molecule has 3 rings (SSSR count). The fourth-order valence-electron chi connectivity index (χ4n) is 2.63. The lowest BCUT2D eigenvalue weighted by Crippen LogP contribution is -2.26. The van der Waals surface area contributed by atoms with E-state index in [1.807, 2.05) is 22.6 Å². The van der Waals surface area contributed by atoms with Crippen LogP contribution in [0, 0.1) is 3.83 Å². The number of hydrogen-bond donors (Lipinski definition) is 6. The lowest BCUT2D eigenvalue weighted by Gasteiger charge is -2.19. The monoisotopic (exact) mass is 617 g/mol. The molecular weight excluding hydrogens is 602 g/mol.